The maximum atomic E-state index is 13.3. The van der Waals surface area contributed by atoms with E-state index in [4.69, 9.17) is 10.9 Å². The molecule has 3 rings (SSSR count). The summed E-state index contributed by atoms with van der Waals surface area (Å²) in [7, 11) is -3.96. The van der Waals surface area contributed by atoms with E-state index in [0.29, 0.717) is 11.4 Å². The number of β-amino-alcohol motifs (C(OH)–C–C–N with tert-alkyl or cyclic N) is 1. The van der Waals surface area contributed by atoms with Gasteiger partial charge in [0.25, 0.3) is 5.72 Å². The quantitative estimate of drug-likeness (QED) is 0.673. The van der Waals surface area contributed by atoms with E-state index < -0.39 is 28.5 Å². The first-order valence-corrected chi connectivity index (χ1v) is 9.11. The standard InChI is InChI=1S/C16H15F3N4O3S/c17-16(18,19)15(24)9-23(12-5-3-11(20)4-6-12)14(22-15)10-1-7-13(8-2-10)27(21,25)26/h1-8,24H,9,20H2,(H2,21,25,26). The van der Waals surface area contributed by atoms with Crippen LogP contribution in [-0.4, -0.2) is 37.8 Å². The summed E-state index contributed by atoms with van der Waals surface area (Å²) in [6.45, 7) is -0.854. The number of nitrogens with two attached hydrogens (primary N) is 2. The average molecular weight is 400 g/mol. The molecule has 7 nitrogen and oxygen atoms in total. The summed E-state index contributed by atoms with van der Waals surface area (Å²) in [5.41, 5.74) is 3.23. The Morgan fingerprint density at radius 1 is 1.07 bits per heavy atom. The first kappa shape index (κ1) is 19.1. The van der Waals surface area contributed by atoms with Crippen molar-refractivity contribution >= 4 is 27.2 Å². The number of aliphatic imine (C=N–C) groups is 1. The van der Waals surface area contributed by atoms with Crippen molar-refractivity contribution in [1.29, 1.82) is 0 Å². The molecule has 0 spiro atoms. The highest BCUT2D eigenvalue weighted by atomic mass is 32.2. The summed E-state index contributed by atoms with van der Waals surface area (Å²) in [5.74, 6) is -0.166. The topological polar surface area (TPSA) is 122 Å². The van der Waals surface area contributed by atoms with Gasteiger partial charge in [0.15, 0.2) is 0 Å². The van der Waals surface area contributed by atoms with Crippen molar-refractivity contribution in [3.8, 4) is 0 Å². The van der Waals surface area contributed by atoms with E-state index in [-0.39, 0.29) is 16.3 Å². The molecule has 1 heterocycles. The Balaban J connectivity index is 2.09. The third-order valence-corrected chi connectivity index (χ3v) is 4.95. The highest BCUT2D eigenvalue weighted by molar-refractivity contribution is 7.89. The lowest BCUT2D eigenvalue weighted by Crippen LogP contribution is -2.47. The van der Waals surface area contributed by atoms with Crippen LogP contribution in [0.5, 0.6) is 0 Å². The molecule has 0 bridgehead atoms. The van der Waals surface area contributed by atoms with Crippen molar-refractivity contribution in [2.45, 2.75) is 16.8 Å². The summed E-state index contributed by atoms with van der Waals surface area (Å²) in [5, 5.41) is 15.1. The van der Waals surface area contributed by atoms with Gasteiger partial charge in [0.1, 0.15) is 5.84 Å². The number of nitrogens with zero attached hydrogens (tertiary/aromatic N) is 2. The van der Waals surface area contributed by atoms with Crippen LogP contribution in [0.25, 0.3) is 0 Å². The molecule has 144 valence electrons. The fourth-order valence-electron chi connectivity index (χ4n) is 2.60. The van der Waals surface area contributed by atoms with Crippen LogP contribution >= 0.6 is 0 Å². The number of rotatable bonds is 3. The first-order valence-electron chi connectivity index (χ1n) is 7.56. The lowest BCUT2D eigenvalue weighted by atomic mass is 10.1. The summed E-state index contributed by atoms with van der Waals surface area (Å²) in [6.07, 6.45) is -5.00. The molecule has 0 fully saturated rings. The monoisotopic (exact) mass is 400 g/mol. The molecule has 0 amide bonds. The van der Waals surface area contributed by atoms with E-state index in [1.54, 1.807) is 0 Å². The summed E-state index contributed by atoms with van der Waals surface area (Å²) < 4.78 is 62.6. The summed E-state index contributed by atoms with van der Waals surface area (Å²) in [6, 6.07) is 10.8. The van der Waals surface area contributed by atoms with Crippen molar-refractivity contribution < 1.29 is 26.7 Å². The Morgan fingerprint density at radius 2 is 1.63 bits per heavy atom. The Bertz CT molecular complexity index is 989. The van der Waals surface area contributed by atoms with Crippen LogP contribution in [0.1, 0.15) is 5.56 Å². The van der Waals surface area contributed by atoms with Gasteiger partial charge >= 0.3 is 6.18 Å². The molecule has 5 N–H and O–H groups in total. The minimum Gasteiger partial charge on any atom is -0.399 e. The van der Waals surface area contributed by atoms with E-state index in [1.807, 2.05) is 0 Å². The fraction of sp³-hybridized carbons (Fsp3) is 0.188. The summed E-state index contributed by atoms with van der Waals surface area (Å²) in [4.78, 5) is 4.48. The number of halogens is 3. The van der Waals surface area contributed by atoms with E-state index in [9.17, 15) is 26.7 Å². The predicted octanol–water partition coefficient (Wildman–Crippen LogP) is 1.43. The number of alkyl halides is 3. The van der Waals surface area contributed by atoms with Crippen LogP contribution in [0.15, 0.2) is 58.4 Å². The number of aliphatic hydroxyl groups is 1. The van der Waals surface area contributed by atoms with E-state index in [2.05, 4.69) is 4.99 Å². The van der Waals surface area contributed by atoms with Crippen molar-refractivity contribution in [3.05, 3.63) is 54.1 Å². The molecular weight excluding hydrogens is 385 g/mol. The Kier molecular flexibility index (Phi) is 4.41. The molecule has 27 heavy (non-hydrogen) atoms. The molecular formula is C16H15F3N4O3S. The molecule has 1 aliphatic heterocycles. The molecule has 0 radical (unpaired) electrons. The highest BCUT2D eigenvalue weighted by Gasteiger charge is 2.58. The molecule has 2 aromatic carbocycles. The van der Waals surface area contributed by atoms with Crippen LogP contribution in [0.4, 0.5) is 24.5 Å². The minimum atomic E-state index is -5.00. The van der Waals surface area contributed by atoms with E-state index in [0.717, 1.165) is 12.1 Å². The Hall–Kier alpha value is -2.63. The normalized spacial score (nSPS) is 20.6. The number of hydrogen-bond acceptors (Lipinski definition) is 6. The number of benzene rings is 2. The first-order chi connectivity index (χ1) is 12.4. The van der Waals surface area contributed by atoms with Crippen LogP contribution < -0.4 is 15.8 Å². The zero-order valence-electron chi connectivity index (χ0n) is 13.7. The van der Waals surface area contributed by atoms with Crippen LogP contribution in [0, 0.1) is 0 Å². The van der Waals surface area contributed by atoms with E-state index in [1.165, 1.54) is 41.3 Å². The molecule has 0 saturated carbocycles. The zero-order chi connectivity index (χ0) is 20.0. The lowest BCUT2D eigenvalue weighted by molar-refractivity contribution is -0.249. The number of anilines is 2. The summed E-state index contributed by atoms with van der Waals surface area (Å²) >= 11 is 0. The van der Waals surface area contributed by atoms with Gasteiger partial charge in [0.2, 0.25) is 10.0 Å². The van der Waals surface area contributed by atoms with Gasteiger partial charge in [-0.25, -0.2) is 18.5 Å². The fourth-order valence-corrected chi connectivity index (χ4v) is 3.12. The lowest BCUT2D eigenvalue weighted by Gasteiger charge is -2.25. The number of primary sulfonamides is 1. The second kappa shape index (κ2) is 6.22. The Morgan fingerprint density at radius 3 is 2.11 bits per heavy atom. The predicted molar refractivity (Wildman–Crippen MR) is 93.6 cm³/mol. The van der Waals surface area contributed by atoms with Gasteiger partial charge in [0.05, 0.1) is 11.4 Å². The van der Waals surface area contributed by atoms with Gasteiger partial charge in [-0.1, -0.05) is 0 Å². The molecule has 11 heteroatoms. The SMILES string of the molecule is Nc1ccc(N2CC(O)(C(F)(F)F)N=C2c2ccc(S(N)(=O)=O)cc2)cc1. The van der Waals surface area contributed by atoms with E-state index >= 15 is 0 Å². The van der Waals surface area contributed by atoms with Crippen LogP contribution in [0.3, 0.4) is 0 Å². The van der Waals surface area contributed by atoms with Gasteiger partial charge in [0, 0.05) is 16.9 Å². The molecule has 1 atom stereocenters. The molecule has 0 aliphatic carbocycles. The third kappa shape index (κ3) is 3.61. The second-order valence-electron chi connectivity index (χ2n) is 6.00. The zero-order valence-corrected chi connectivity index (χ0v) is 14.5. The van der Waals surface area contributed by atoms with Crippen LogP contribution in [0.2, 0.25) is 0 Å². The van der Waals surface area contributed by atoms with Gasteiger partial charge in [-0.05, 0) is 48.5 Å². The minimum absolute atomic E-state index is 0.166. The maximum Gasteiger partial charge on any atom is 0.440 e. The Labute approximate surface area is 152 Å². The van der Waals surface area contributed by atoms with Gasteiger partial charge < -0.3 is 15.7 Å². The smallest absolute Gasteiger partial charge is 0.399 e. The van der Waals surface area contributed by atoms with Crippen LogP contribution in [-0.2, 0) is 10.0 Å². The molecule has 0 saturated heterocycles. The van der Waals surface area contributed by atoms with Crippen molar-refractivity contribution in [3.63, 3.8) is 0 Å². The van der Waals surface area contributed by atoms with Crippen molar-refractivity contribution in [2.24, 2.45) is 10.1 Å². The van der Waals surface area contributed by atoms with Crippen molar-refractivity contribution in [2.75, 3.05) is 17.2 Å². The molecule has 1 unspecified atom stereocenters. The van der Waals surface area contributed by atoms with Gasteiger partial charge in [-0.3, -0.25) is 0 Å². The number of sulfonamides is 1. The largest absolute Gasteiger partial charge is 0.440 e. The molecule has 2 aromatic rings. The molecule has 0 aromatic heterocycles. The number of nitrogen functional groups attached to an aromatic ring is 1. The van der Waals surface area contributed by atoms with Gasteiger partial charge in [-0.2, -0.15) is 13.2 Å². The number of hydrogen-bond donors (Lipinski definition) is 3. The third-order valence-electron chi connectivity index (χ3n) is 4.02. The molecule has 1 aliphatic rings. The highest BCUT2D eigenvalue weighted by Crippen LogP contribution is 2.39. The van der Waals surface area contributed by atoms with Gasteiger partial charge in [-0.15, -0.1) is 0 Å². The van der Waals surface area contributed by atoms with Crippen molar-refractivity contribution in [1.82, 2.24) is 0 Å². The second-order valence-corrected chi connectivity index (χ2v) is 7.56. The average Bonchev–Trinajstić information content (AvgIpc) is 2.94. The number of amidine groups is 1. The maximum absolute atomic E-state index is 13.3.